The molecule has 2 aromatic rings. The Morgan fingerprint density at radius 3 is 1.04 bits per heavy atom. The van der Waals surface area contributed by atoms with E-state index in [0.29, 0.717) is 0 Å². The van der Waals surface area contributed by atoms with E-state index >= 15 is 0 Å². The average Bonchev–Trinajstić information content (AvgIpc) is 2.45. The molecule has 0 aromatic heterocycles. The molecule has 2 rings (SSSR count). The normalized spacial score (nSPS) is 13.2. The minimum Gasteiger partial charge on any atom is -0.386 e. The third-order valence-corrected chi connectivity index (χ3v) is 4.52. The molecule has 2 heteroatoms. The molecule has 0 radical (unpaired) electrons. The van der Waals surface area contributed by atoms with E-state index in [2.05, 4.69) is 26.0 Å². The summed E-state index contributed by atoms with van der Waals surface area (Å²) in [7, 11) is 0. The topological polar surface area (TPSA) is 40.5 Å². The Morgan fingerprint density at radius 1 is 0.522 bits per heavy atom. The van der Waals surface area contributed by atoms with Crippen molar-refractivity contribution in [3.8, 4) is 0 Å². The van der Waals surface area contributed by atoms with E-state index in [1.807, 2.05) is 64.1 Å². The molecule has 0 unspecified atom stereocenters. The number of rotatable bonds is 4. The molecule has 0 spiro atoms. The standard InChI is InChI=1S/C21H28O2/c1-19(2,15-11-7-9-13-17(15)20(3,4)22)16-12-8-10-14-18(16)21(5,6)23/h7-14,22-23H,1-6H3. The third-order valence-electron chi connectivity index (χ3n) is 4.52. The highest BCUT2D eigenvalue weighted by Crippen LogP contribution is 2.41. The average molecular weight is 312 g/mol. The first-order valence-electron chi connectivity index (χ1n) is 8.10. The van der Waals surface area contributed by atoms with Crippen molar-refractivity contribution in [3.63, 3.8) is 0 Å². The summed E-state index contributed by atoms with van der Waals surface area (Å²) in [5.41, 5.74) is 1.79. The molecule has 0 aliphatic carbocycles. The van der Waals surface area contributed by atoms with E-state index in [1.54, 1.807) is 0 Å². The van der Waals surface area contributed by atoms with Gasteiger partial charge in [-0.15, -0.1) is 0 Å². The summed E-state index contributed by atoms with van der Waals surface area (Å²) in [5, 5.41) is 21.1. The quantitative estimate of drug-likeness (QED) is 0.874. The molecule has 0 atom stereocenters. The smallest absolute Gasteiger partial charge is 0.0843 e. The second-order valence-electron chi connectivity index (χ2n) is 7.83. The van der Waals surface area contributed by atoms with Gasteiger partial charge in [-0.1, -0.05) is 62.4 Å². The lowest BCUT2D eigenvalue weighted by Crippen LogP contribution is -2.30. The molecular weight excluding hydrogens is 284 g/mol. The van der Waals surface area contributed by atoms with Gasteiger partial charge in [0, 0.05) is 5.41 Å². The first kappa shape index (κ1) is 17.7. The Hall–Kier alpha value is -1.64. The minimum absolute atomic E-state index is 0.340. The monoisotopic (exact) mass is 312 g/mol. The molecule has 124 valence electrons. The minimum atomic E-state index is -0.919. The lowest BCUT2D eigenvalue weighted by Gasteiger charge is -2.35. The van der Waals surface area contributed by atoms with Crippen LogP contribution in [0.15, 0.2) is 48.5 Å². The summed E-state index contributed by atoms with van der Waals surface area (Å²) < 4.78 is 0. The summed E-state index contributed by atoms with van der Waals surface area (Å²) in [4.78, 5) is 0. The van der Waals surface area contributed by atoms with E-state index in [-0.39, 0.29) is 5.41 Å². The molecular formula is C21H28O2. The first-order chi connectivity index (χ1) is 10.5. The van der Waals surface area contributed by atoms with Gasteiger partial charge in [-0.25, -0.2) is 0 Å². The van der Waals surface area contributed by atoms with E-state index in [1.165, 1.54) is 0 Å². The maximum Gasteiger partial charge on any atom is 0.0843 e. The van der Waals surface area contributed by atoms with Crippen molar-refractivity contribution < 1.29 is 10.2 Å². The highest BCUT2D eigenvalue weighted by molar-refractivity contribution is 5.48. The van der Waals surface area contributed by atoms with Gasteiger partial charge in [-0.05, 0) is 49.9 Å². The van der Waals surface area contributed by atoms with Gasteiger partial charge in [0.2, 0.25) is 0 Å². The maximum absolute atomic E-state index is 10.6. The van der Waals surface area contributed by atoms with E-state index < -0.39 is 11.2 Å². The second kappa shape index (κ2) is 5.77. The van der Waals surface area contributed by atoms with Crippen LogP contribution < -0.4 is 0 Å². The van der Waals surface area contributed by atoms with Gasteiger partial charge in [-0.2, -0.15) is 0 Å². The molecule has 2 N–H and O–H groups in total. The molecule has 0 bridgehead atoms. The van der Waals surface area contributed by atoms with Gasteiger partial charge in [-0.3, -0.25) is 0 Å². The molecule has 0 aliphatic heterocycles. The van der Waals surface area contributed by atoms with Crippen LogP contribution >= 0.6 is 0 Å². The van der Waals surface area contributed by atoms with Crippen molar-refractivity contribution in [2.24, 2.45) is 0 Å². The predicted molar refractivity (Wildman–Crippen MR) is 95.5 cm³/mol. The van der Waals surface area contributed by atoms with Gasteiger partial charge in [0.1, 0.15) is 0 Å². The van der Waals surface area contributed by atoms with Crippen molar-refractivity contribution in [3.05, 3.63) is 70.8 Å². The molecule has 2 nitrogen and oxygen atoms in total. The van der Waals surface area contributed by atoms with Crippen LogP contribution in [0.1, 0.15) is 63.8 Å². The SMILES string of the molecule is CC(C)(O)c1ccccc1C(C)(C)c1ccccc1C(C)(C)O. The predicted octanol–water partition coefficient (Wildman–Crippen LogP) is 4.47. The third kappa shape index (κ3) is 3.49. The van der Waals surface area contributed by atoms with Crippen molar-refractivity contribution in [2.75, 3.05) is 0 Å². The first-order valence-corrected chi connectivity index (χ1v) is 8.10. The molecule has 0 aliphatic rings. The van der Waals surface area contributed by atoms with Gasteiger partial charge in [0.25, 0.3) is 0 Å². The fraction of sp³-hybridized carbons (Fsp3) is 0.429. The lowest BCUT2D eigenvalue weighted by molar-refractivity contribution is 0.0752. The summed E-state index contributed by atoms with van der Waals surface area (Å²) in [6, 6.07) is 16.0. The second-order valence-corrected chi connectivity index (χ2v) is 7.83. The zero-order chi connectivity index (χ0) is 17.5. The summed E-state index contributed by atoms with van der Waals surface area (Å²) in [5.74, 6) is 0. The van der Waals surface area contributed by atoms with Gasteiger partial charge in [0.05, 0.1) is 11.2 Å². The molecule has 0 amide bonds. The van der Waals surface area contributed by atoms with Crippen LogP contribution in [-0.4, -0.2) is 10.2 Å². The molecule has 23 heavy (non-hydrogen) atoms. The molecule has 0 fully saturated rings. The van der Waals surface area contributed by atoms with E-state index in [9.17, 15) is 10.2 Å². The summed E-state index contributed by atoms with van der Waals surface area (Å²) in [6.45, 7) is 11.5. The van der Waals surface area contributed by atoms with E-state index in [0.717, 1.165) is 22.3 Å². The number of hydrogen-bond acceptors (Lipinski definition) is 2. The van der Waals surface area contributed by atoms with Crippen LogP contribution in [0.2, 0.25) is 0 Å². The Bertz CT molecular complexity index is 626. The molecule has 0 heterocycles. The Balaban J connectivity index is 2.71. The largest absolute Gasteiger partial charge is 0.386 e. The van der Waals surface area contributed by atoms with Gasteiger partial charge >= 0.3 is 0 Å². The van der Waals surface area contributed by atoms with E-state index in [4.69, 9.17) is 0 Å². The fourth-order valence-electron chi connectivity index (χ4n) is 3.27. The Labute approximate surface area is 139 Å². The Kier molecular flexibility index (Phi) is 4.44. The maximum atomic E-state index is 10.6. The summed E-state index contributed by atoms with van der Waals surface area (Å²) >= 11 is 0. The van der Waals surface area contributed by atoms with Crippen molar-refractivity contribution in [2.45, 2.75) is 58.2 Å². The summed E-state index contributed by atoms with van der Waals surface area (Å²) in [6.07, 6.45) is 0. The number of benzene rings is 2. The van der Waals surface area contributed by atoms with Crippen molar-refractivity contribution >= 4 is 0 Å². The van der Waals surface area contributed by atoms with Crippen molar-refractivity contribution in [1.82, 2.24) is 0 Å². The van der Waals surface area contributed by atoms with Crippen LogP contribution in [0, 0.1) is 0 Å². The van der Waals surface area contributed by atoms with Crippen LogP contribution in [-0.2, 0) is 16.6 Å². The van der Waals surface area contributed by atoms with Crippen LogP contribution in [0.25, 0.3) is 0 Å². The molecule has 0 saturated carbocycles. The van der Waals surface area contributed by atoms with Crippen LogP contribution in [0.4, 0.5) is 0 Å². The zero-order valence-electron chi connectivity index (χ0n) is 15.0. The van der Waals surface area contributed by atoms with Crippen LogP contribution in [0.3, 0.4) is 0 Å². The van der Waals surface area contributed by atoms with Crippen molar-refractivity contribution in [1.29, 1.82) is 0 Å². The van der Waals surface area contributed by atoms with Gasteiger partial charge in [0.15, 0.2) is 0 Å². The molecule has 0 saturated heterocycles. The zero-order valence-corrected chi connectivity index (χ0v) is 15.0. The van der Waals surface area contributed by atoms with Gasteiger partial charge < -0.3 is 10.2 Å². The molecule has 2 aromatic carbocycles. The fourth-order valence-corrected chi connectivity index (χ4v) is 3.27. The highest BCUT2D eigenvalue weighted by Gasteiger charge is 2.34. The lowest BCUT2D eigenvalue weighted by atomic mass is 9.70. The van der Waals surface area contributed by atoms with Crippen LogP contribution in [0.5, 0.6) is 0 Å². The number of hydrogen-bond donors (Lipinski definition) is 2. The highest BCUT2D eigenvalue weighted by atomic mass is 16.3. The Morgan fingerprint density at radius 2 is 0.783 bits per heavy atom. The number of aliphatic hydroxyl groups is 2.